The van der Waals surface area contributed by atoms with E-state index in [0.717, 1.165) is 38.9 Å². The van der Waals surface area contributed by atoms with Crippen molar-refractivity contribution in [2.24, 2.45) is 0 Å². The van der Waals surface area contributed by atoms with Crippen LogP contribution in [0.2, 0.25) is 5.02 Å². The van der Waals surface area contributed by atoms with E-state index in [0.29, 0.717) is 54.0 Å². The van der Waals surface area contributed by atoms with Crippen molar-refractivity contribution >= 4 is 39.1 Å². The van der Waals surface area contributed by atoms with Crippen molar-refractivity contribution in [3.05, 3.63) is 206 Å². The van der Waals surface area contributed by atoms with Gasteiger partial charge in [-0.1, -0.05) is 163 Å². The topological polar surface area (TPSA) is 55.4 Å². The Labute approximate surface area is 360 Å². The van der Waals surface area contributed by atoms with Gasteiger partial charge in [0.25, 0.3) is 0 Å². The molecule has 1 aliphatic heterocycles. The van der Waals surface area contributed by atoms with Crippen LogP contribution in [0.15, 0.2) is 162 Å². The summed E-state index contributed by atoms with van der Waals surface area (Å²) in [5.41, 5.74) is 6.93. The van der Waals surface area contributed by atoms with Crippen LogP contribution in [0.1, 0.15) is 45.0 Å². The van der Waals surface area contributed by atoms with E-state index >= 15 is 0 Å². The van der Waals surface area contributed by atoms with Crippen molar-refractivity contribution in [1.29, 1.82) is 0 Å². The first-order valence-electron chi connectivity index (χ1n) is 19.5. The molecule has 0 unspecified atom stereocenters. The third-order valence-electron chi connectivity index (χ3n) is 10.0. The molecular formula is C49H47BrCl2O6. The zero-order valence-corrected chi connectivity index (χ0v) is 35.2. The summed E-state index contributed by atoms with van der Waals surface area (Å²) in [4.78, 5) is 0. The zero-order chi connectivity index (χ0) is 39.9. The standard InChI is InChI=1S/C49H47BrCl2O6/c50-43-41(29-40(28-35-16-6-1-7-17-35)44(52)47(43)54-27-26-51)45-48(56-32-38-22-12-4-13-23-38)49(57-33-39-24-14-5-15-25-39)46(55-31-37-20-10-3-11-21-37)42(58-45)34-53-30-36-18-8-2-9-19-36/h1-25,29,42,45-46,48-49H,26-28,30-34H2/t42-,45+,46-,48+,49+/m1/s1. The lowest BCUT2D eigenvalue weighted by molar-refractivity contribution is -0.275. The molecule has 0 aliphatic carbocycles. The first kappa shape index (κ1) is 42.1. The fourth-order valence-electron chi connectivity index (χ4n) is 7.15. The van der Waals surface area contributed by atoms with Crippen molar-refractivity contribution in [3.8, 4) is 5.75 Å². The molecule has 0 bridgehead atoms. The molecule has 1 fully saturated rings. The van der Waals surface area contributed by atoms with Gasteiger partial charge in [0, 0.05) is 5.56 Å². The molecule has 0 N–H and O–H groups in total. The molecule has 0 spiro atoms. The van der Waals surface area contributed by atoms with E-state index in [1.165, 1.54) is 0 Å². The lowest BCUT2D eigenvalue weighted by atomic mass is 9.89. The molecule has 6 nitrogen and oxygen atoms in total. The van der Waals surface area contributed by atoms with Gasteiger partial charge in [-0.2, -0.15) is 0 Å². The van der Waals surface area contributed by atoms with E-state index in [2.05, 4.69) is 82.7 Å². The molecule has 6 aromatic rings. The predicted octanol–water partition coefficient (Wildman–Crippen LogP) is 11.7. The minimum atomic E-state index is -0.675. The highest BCUT2D eigenvalue weighted by atomic mass is 79.9. The predicted molar refractivity (Wildman–Crippen MR) is 233 cm³/mol. The largest absolute Gasteiger partial charge is 0.490 e. The molecule has 300 valence electrons. The SMILES string of the molecule is ClCCOc1c(Cl)c(Cc2ccccc2)cc([C@@H]2O[C@H](COCc3ccccc3)[C@@H](OCc3ccccc3)[C@H](OCc3ccccc3)[C@H]2OCc2ccccc2)c1Br. The van der Waals surface area contributed by atoms with Crippen molar-refractivity contribution < 1.29 is 28.4 Å². The van der Waals surface area contributed by atoms with Crippen molar-refractivity contribution in [2.75, 3.05) is 19.1 Å². The lowest BCUT2D eigenvalue weighted by Crippen LogP contribution is -2.58. The quantitative estimate of drug-likeness (QED) is 0.0756. The summed E-state index contributed by atoms with van der Waals surface area (Å²) in [6, 6.07) is 52.8. The highest BCUT2D eigenvalue weighted by Gasteiger charge is 2.50. The van der Waals surface area contributed by atoms with Crippen molar-refractivity contribution in [1.82, 2.24) is 0 Å². The minimum Gasteiger partial charge on any atom is -0.490 e. The second-order valence-electron chi connectivity index (χ2n) is 14.2. The van der Waals surface area contributed by atoms with Gasteiger partial charge in [0.05, 0.1) is 48.4 Å². The second-order valence-corrected chi connectivity index (χ2v) is 15.7. The van der Waals surface area contributed by atoms with Crippen LogP contribution in [0.4, 0.5) is 0 Å². The van der Waals surface area contributed by atoms with Gasteiger partial charge in [-0.3, -0.25) is 0 Å². The van der Waals surface area contributed by atoms with Crippen LogP contribution >= 0.6 is 39.1 Å². The highest BCUT2D eigenvalue weighted by Crippen LogP contribution is 2.47. The molecule has 0 radical (unpaired) electrons. The van der Waals surface area contributed by atoms with Gasteiger partial charge in [0.1, 0.15) is 37.1 Å². The summed E-state index contributed by atoms with van der Waals surface area (Å²) in [5.74, 6) is 0.790. The van der Waals surface area contributed by atoms with Crippen molar-refractivity contribution in [3.63, 3.8) is 0 Å². The maximum atomic E-state index is 7.27. The van der Waals surface area contributed by atoms with Gasteiger partial charge in [-0.25, -0.2) is 0 Å². The van der Waals surface area contributed by atoms with Gasteiger partial charge in [-0.15, -0.1) is 11.6 Å². The maximum absolute atomic E-state index is 7.27. The molecule has 0 saturated carbocycles. The molecule has 0 aromatic heterocycles. The monoisotopic (exact) mass is 880 g/mol. The smallest absolute Gasteiger partial charge is 0.152 e. The Kier molecular flexibility index (Phi) is 15.9. The number of hydrogen-bond acceptors (Lipinski definition) is 6. The summed E-state index contributed by atoms with van der Waals surface area (Å²) in [6.45, 7) is 1.89. The van der Waals surface area contributed by atoms with Gasteiger partial charge in [0.2, 0.25) is 0 Å². The van der Waals surface area contributed by atoms with Crippen LogP contribution in [-0.2, 0) is 56.5 Å². The molecule has 58 heavy (non-hydrogen) atoms. The van der Waals surface area contributed by atoms with Gasteiger partial charge in [0.15, 0.2) is 5.75 Å². The Balaban J connectivity index is 1.33. The summed E-state index contributed by atoms with van der Waals surface area (Å²) < 4.78 is 41.6. The van der Waals surface area contributed by atoms with E-state index in [4.69, 9.17) is 51.6 Å². The number of rotatable bonds is 19. The van der Waals surface area contributed by atoms with E-state index in [1.807, 2.05) is 91.0 Å². The van der Waals surface area contributed by atoms with Crippen LogP contribution in [0, 0.1) is 0 Å². The van der Waals surface area contributed by atoms with Crippen LogP contribution in [0.5, 0.6) is 5.75 Å². The first-order valence-corrected chi connectivity index (χ1v) is 21.2. The van der Waals surface area contributed by atoms with Crippen LogP contribution < -0.4 is 4.74 Å². The Morgan fingerprint density at radius 3 is 1.50 bits per heavy atom. The number of alkyl halides is 1. The molecule has 1 heterocycles. The molecule has 6 aromatic carbocycles. The number of benzene rings is 6. The summed E-state index contributed by atoms with van der Waals surface area (Å²) >= 11 is 17.3. The van der Waals surface area contributed by atoms with Gasteiger partial charge < -0.3 is 28.4 Å². The normalized spacial score (nSPS) is 19.2. The molecule has 9 heteroatoms. The first-order chi connectivity index (χ1) is 28.6. The average molecular weight is 883 g/mol. The number of hydrogen-bond donors (Lipinski definition) is 0. The van der Waals surface area contributed by atoms with Gasteiger partial charge >= 0.3 is 0 Å². The summed E-state index contributed by atoms with van der Waals surface area (Å²) in [7, 11) is 0. The lowest BCUT2D eigenvalue weighted by Gasteiger charge is -2.47. The highest BCUT2D eigenvalue weighted by molar-refractivity contribution is 9.10. The van der Waals surface area contributed by atoms with E-state index < -0.39 is 30.5 Å². The van der Waals surface area contributed by atoms with E-state index in [-0.39, 0.29) is 13.2 Å². The third-order valence-corrected chi connectivity index (χ3v) is 11.4. The second kappa shape index (κ2) is 21.8. The summed E-state index contributed by atoms with van der Waals surface area (Å²) in [6.07, 6.45) is -2.52. The maximum Gasteiger partial charge on any atom is 0.152 e. The fourth-order valence-corrected chi connectivity index (χ4v) is 8.26. The van der Waals surface area contributed by atoms with E-state index in [1.54, 1.807) is 0 Å². The van der Waals surface area contributed by atoms with Crippen molar-refractivity contribution in [2.45, 2.75) is 63.4 Å². The number of ether oxygens (including phenoxy) is 6. The Morgan fingerprint density at radius 2 is 1.00 bits per heavy atom. The molecule has 1 aliphatic rings. The molecule has 0 amide bonds. The molecule has 7 rings (SSSR count). The minimum absolute atomic E-state index is 0.235. The van der Waals surface area contributed by atoms with Crippen LogP contribution in [-0.4, -0.2) is 43.5 Å². The zero-order valence-electron chi connectivity index (χ0n) is 32.1. The fraction of sp³-hybridized carbons (Fsp3) is 0.265. The van der Waals surface area contributed by atoms with Crippen LogP contribution in [0.3, 0.4) is 0 Å². The number of halogens is 3. The van der Waals surface area contributed by atoms with Crippen LogP contribution in [0.25, 0.3) is 0 Å². The Hall–Kier alpha value is -4.02. The van der Waals surface area contributed by atoms with E-state index in [9.17, 15) is 0 Å². The van der Waals surface area contributed by atoms with Gasteiger partial charge in [-0.05, 0) is 61.8 Å². The Morgan fingerprint density at radius 1 is 0.552 bits per heavy atom. The molecule has 1 saturated heterocycles. The average Bonchev–Trinajstić information content (AvgIpc) is 3.27. The molecular weight excluding hydrogens is 835 g/mol. The Bertz CT molecular complexity index is 2110. The summed E-state index contributed by atoms with van der Waals surface area (Å²) in [5, 5.41) is 0.505. The molecule has 5 atom stereocenters. The third kappa shape index (κ3) is 11.4.